The van der Waals surface area contributed by atoms with E-state index in [1.165, 1.54) is 22.7 Å². The first-order chi connectivity index (χ1) is 10.1. The third kappa shape index (κ3) is 2.81. The number of amides is 1. The Balaban J connectivity index is 1.91. The van der Waals surface area contributed by atoms with Crippen LogP contribution in [0.2, 0.25) is 0 Å². The second-order valence-corrected chi connectivity index (χ2v) is 7.51. The second-order valence-electron chi connectivity index (χ2n) is 4.43. The minimum absolute atomic E-state index is 0.136. The molecule has 21 heavy (non-hydrogen) atoms. The molecule has 1 amide bonds. The first-order valence-electron chi connectivity index (χ1n) is 6.27. The number of aryl methyl sites for hydroxylation is 2. The van der Waals surface area contributed by atoms with Gasteiger partial charge in [-0.25, -0.2) is 9.97 Å². The fourth-order valence-corrected chi connectivity index (χ4v) is 4.37. The lowest BCUT2D eigenvalue weighted by Gasteiger charge is -1.98. The van der Waals surface area contributed by atoms with Crippen molar-refractivity contribution in [1.29, 1.82) is 0 Å². The summed E-state index contributed by atoms with van der Waals surface area (Å²) in [6.07, 6.45) is 2.02. The van der Waals surface area contributed by atoms with Crippen molar-refractivity contribution >= 4 is 55.7 Å². The molecule has 0 unspecified atom stereocenters. The number of carbonyl (C=O) groups is 1. The number of thiazole rings is 2. The molecule has 0 spiro atoms. The summed E-state index contributed by atoms with van der Waals surface area (Å²) in [6, 6.07) is 6.06. The zero-order valence-corrected chi connectivity index (χ0v) is 14.2. The molecule has 0 fully saturated rings. The van der Waals surface area contributed by atoms with Gasteiger partial charge in [0.05, 0.1) is 20.9 Å². The number of hydrogen-bond donors (Lipinski definition) is 1. The minimum Gasteiger partial charge on any atom is -0.297 e. The monoisotopic (exact) mass is 335 g/mol. The zero-order chi connectivity index (χ0) is 15.0. The maximum Gasteiger partial charge on any atom is 0.269 e. The topological polar surface area (TPSA) is 54.9 Å². The van der Waals surface area contributed by atoms with Gasteiger partial charge in [0.2, 0.25) is 0 Å². The third-order valence-electron chi connectivity index (χ3n) is 2.93. The molecule has 0 saturated carbocycles. The molecule has 4 nitrogen and oxygen atoms in total. The number of carbonyl (C=O) groups excluding carboxylic acids is 1. The van der Waals surface area contributed by atoms with E-state index in [1.54, 1.807) is 11.8 Å². The Hall–Kier alpha value is -1.44. The van der Waals surface area contributed by atoms with Crippen LogP contribution in [0, 0.1) is 13.8 Å². The van der Waals surface area contributed by atoms with Gasteiger partial charge in [0, 0.05) is 4.90 Å². The number of rotatable bonds is 3. The molecule has 0 atom stereocenters. The summed E-state index contributed by atoms with van der Waals surface area (Å²) in [4.78, 5) is 22.9. The molecule has 2 heterocycles. The normalized spacial score (nSPS) is 11.0. The predicted molar refractivity (Wildman–Crippen MR) is 90.9 cm³/mol. The van der Waals surface area contributed by atoms with Gasteiger partial charge in [0.1, 0.15) is 4.88 Å². The summed E-state index contributed by atoms with van der Waals surface area (Å²) < 4.78 is 1.08. The Morgan fingerprint density at radius 2 is 2.05 bits per heavy atom. The summed E-state index contributed by atoms with van der Waals surface area (Å²) in [7, 11) is 0. The molecule has 0 bridgehead atoms. The largest absolute Gasteiger partial charge is 0.297 e. The Morgan fingerprint density at radius 3 is 2.71 bits per heavy atom. The summed E-state index contributed by atoms with van der Waals surface area (Å²) in [6.45, 7) is 3.75. The standard InChI is InChI=1S/C14H13N3OS3/c1-7-12(20-8(2)15-7)13(18)17-14-16-11-9(19-3)5-4-6-10(11)21-14/h4-6H,1-3H3,(H,16,17,18). The highest BCUT2D eigenvalue weighted by molar-refractivity contribution is 7.98. The summed E-state index contributed by atoms with van der Waals surface area (Å²) in [5.41, 5.74) is 1.71. The molecule has 0 aliphatic carbocycles. The molecule has 1 N–H and O–H groups in total. The van der Waals surface area contributed by atoms with Crippen molar-refractivity contribution in [2.45, 2.75) is 18.7 Å². The number of nitrogens with one attached hydrogen (secondary N) is 1. The van der Waals surface area contributed by atoms with Crippen molar-refractivity contribution < 1.29 is 4.79 Å². The van der Waals surface area contributed by atoms with Gasteiger partial charge >= 0.3 is 0 Å². The lowest BCUT2D eigenvalue weighted by atomic mass is 10.3. The van der Waals surface area contributed by atoms with E-state index in [1.807, 2.05) is 38.3 Å². The quantitative estimate of drug-likeness (QED) is 0.723. The summed E-state index contributed by atoms with van der Waals surface area (Å²) >= 11 is 4.55. The molecule has 7 heteroatoms. The van der Waals surface area contributed by atoms with Crippen LogP contribution >= 0.6 is 34.4 Å². The highest BCUT2D eigenvalue weighted by Gasteiger charge is 2.16. The third-order valence-corrected chi connectivity index (χ3v) is 5.71. The fourth-order valence-electron chi connectivity index (χ4n) is 2.04. The molecule has 0 saturated heterocycles. The zero-order valence-electron chi connectivity index (χ0n) is 11.8. The Bertz CT molecular complexity index is 822. The highest BCUT2D eigenvalue weighted by Crippen LogP contribution is 2.32. The molecule has 0 aliphatic rings. The number of hydrogen-bond acceptors (Lipinski definition) is 6. The summed E-state index contributed by atoms with van der Waals surface area (Å²) in [5, 5.41) is 4.40. The molecule has 2 aromatic heterocycles. The highest BCUT2D eigenvalue weighted by atomic mass is 32.2. The van der Waals surface area contributed by atoms with Crippen LogP contribution in [0.25, 0.3) is 10.2 Å². The van der Waals surface area contributed by atoms with Crippen LogP contribution in [0.15, 0.2) is 23.1 Å². The number of benzene rings is 1. The molecule has 0 radical (unpaired) electrons. The summed E-state index contributed by atoms with van der Waals surface area (Å²) in [5.74, 6) is -0.136. The van der Waals surface area contributed by atoms with Gasteiger partial charge in [-0.2, -0.15) is 0 Å². The van der Waals surface area contributed by atoms with Crippen LogP contribution in [0.4, 0.5) is 5.13 Å². The van der Waals surface area contributed by atoms with E-state index in [9.17, 15) is 4.79 Å². The maximum atomic E-state index is 12.3. The Kier molecular flexibility index (Phi) is 3.97. The van der Waals surface area contributed by atoms with Crippen LogP contribution in [0.3, 0.4) is 0 Å². The lowest BCUT2D eigenvalue weighted by molar-refractivity contribution is 0.103. The molecular weight excluding hydrogens is 322 g/mol. The van der Waals surface area contributed by atoms with Gasteiger partial charge in [-0.05, 0) is 32.2 Å². The Labute approximate surface area is 134 Å². The molecule has 1 aromatic carbocycles. The first kappa shape index (κ1) is 14.5. The molecule has 0 aliphatic heterocycles. The van der Waals surface area contributed by atoms with Crippen LogP contribution in [0.1, 0.15) is 20.4 Å². The minimum atomic E-state index is -0.136. The van der Waals surface area contributed by atoms with Crippen molar-refractivity contribution in [3.63, 3.8) is 0 Å². The van der Waals surface area contributed by atoms with Crippen molar-refractivity contribution in [1.82, 2.24) is 9.97 Å². The lowest BCUT2D eigenvalue weighted by Crippen LogP contribution is -2.11. The number of aromatic nitrogens is 2. The molecule has 108 valence electrons. The van der Waals surface area contributed by atoms with Crippen LogP contribution in [-0.2, 0) is 0 Å². The van der Waals surface area contributed by atoms with Gasteiger partial charge in [0.15, 0.2) is 5.13 Å². The first-order valence-corrected chi connectivity index (χ1v) is 9.13. The van der Waals surface area contributed by atoms with Gasteiger partial charge in [-0.15, -0.1) is 23.1 Å². The van der Waals surface area contributed by atoms with Gasteiger partial charge in [-0.3, -0.25) is 10.1 Å². The van der Waals surface area contributed by atoms with Crippen LogP contribution in [0.5, 0.6) is 0 Å². The van der Waals surface area contributed by atoms with E-state index >= 15 is 0 Å². The van der Waals surface area contributed by atoms with Gasteiger partial charge in [0.25, 0.3) is 5.91 Å². The van der Waals surface area contributed by atoms with Crippen molar-refractivity contribution in [3.8, 4) is 0 Å². The van der Waals surface area contributed by atoms with Gasteiger partial charge in [-0.1, -0.05) is 17.4 Å². The van der Waals surface area contributed by atoms with Crippen LogP contribution in [-0.4, -0.2) is 22.1 Å². The maximum absolute atomic E-state index is 12.3. The van der Waals surface area contributed by atoms with E-state index < -0.39 is 0 Å². The number of para-hydroxylation sites is 1. The van der Waals surface area contributed by atoms with E-state index in [0.29, 0.717) is 10.0 Å². The number of nitrogens with zero attached hydrogens (tertiary/aromatic N) is 2. The predicted octanol–water partition coefficient (Wildman–Crippen LogP) is 4.34. The number of thioether (sulfide) groups is 1. The average molecular weight is 335 g/mol. The van der Waals surface area contributed by atoms with E-state index in [4.69, 9.17) is 0 Å². The van der Waals surface area contributed by atoms with Crippen molar-refractivity contribution in [2.24, 2.45) is 0 Å². The van der Waals surface area contributed by atoms with Gasteiger partial charge < -0.3 is 0 Å². The van der Waals surface area contributed by atoms with E-state index in [0.717, 1.165) is 25.8 Å². The smallest absolute Gasteiger partial charge is 0.269 e. The SMILES string of the molecule is CSc1cccc2sc(NC(=O)c3sc(C)nc3C)nc12. The van der Waals surface area contributed by atoms with Crippen molar-refractivity contribution in [3.05, 3.63) is 33.8 Å². The molecular formula is C14H13N3OS3. The average Bonchev–Trinajstić information content (AvgIpc) is 3.00. The van der Waals surface area contributed by atoms with E-state index in [-0.39, 0.29) is 5.91 Å². The van der Waals surface area contributed by atoms with Crippen molar-refractivity contribution in [2.75, 3.05) is 11.6 Å². The number of anilines is 1. The molecule has 3 rings (SSSR count). The Morgan fingerprint density at radius 1 is 1.24 bits per heavy atom. The fraction of sp³-hybridized carbons (Fsp3) is 0.214. The van der Waals surface area contributed by atoms with Crippen LogP contribution < -0.4 is 5.32 Å². The second kappa shape index (κ2) is 5.75. The number of fused-ring (bicyclic) bond motifs is 1. The molecule has 3 aromatic rings. The van der Waals surface area contributed by atoms with E-state index in [2.05, 4.69) is 15.3 Å².